The number of carbonyl (C=O) groups is 3. The van der Waals surface area contributed by atoms with E-state index in [1.807, 2.05) is 49.4 Å². The van der Waals surface area contributed by atoms with Crippen LogP contribution in [0, 0.1) is 0 Å². The first-order chi connectivity index (χ1) is 19.4. The first-order valence-electron chi connectivity index (χ1n) is 12.8. The van der Waals surface area contributed by atoms with Crippen LogP contribution in [0.25, 0.3) is 0 Å². The number of hydrogen-bond acceptors (Lipinski definition) is 5. The molecular formula is C32H26ClN3O4. The van der Waals surface area contributed by atoms with Crippen LogP contribution < -0.4 is 20.3 Å². The highest BCUT2D eigenvalue weighted by Gasteiger charge is 2.39. The van der Waals surface area contributed by atoms with Gasteiger partial charge in [-0.15, -0.1) is 0 Å². The second kappa shape index (κ2) is 11.9. The third-order valence-corrected chi connectivity index (χ3v) is 6.77. The van der Waals surface area contributed by atoms with E-state index in [-0.39, 0.29) is 16.6 Å². The van der Waals surface area contributed by atoms with Gasteiger partial charge in [-0.2, -0.15) is 0 Å². The molecule has 200 valence electrons. The van der Waals surface area contributed by atoms with E-state index < -0.39 is 11.8 Å². The van der Waals surface area contributed by atoms with Crippen molar-refractivity contribution in [3.05, 3.63) is 131 Å². The molecular weight excluding hydrogens is 526 g/mol. The zero-order valence-electron chi connectivity index (χ0n) is 21.7. The van der Waals surface area contributed by atoms with Gasteiger partial charge < -0.3 is 15.4 Å². The Morgan fingerprint density at radius 1 is 0.800 bits per heavy atom. The van der Waals surface area contributed by atoms with E-state index in [2.05, 4.69) is 10.6 Å². The molecule has 1 heterocycles. The van der Waals surface area contributed by atoms with E-state index in [9.17, 15) is 14.4 Å². The van der Waals surface area contributed by atoms with Crippen LogP contribution in [0.15, 0.2) is 114 Å². The molecule has 0 bridgehead atoms. The van der Waals surface area contributed by atoms with Crippen molar-refractivity contribution in [1.29, 1.82) is 0 Å². The second-order valence-corrected chi connectivity index (χ2v) is 9.45. The SMILES string of the molecule is CCc1ccccc1N1C(=O)C(Cl)=C(Nc2ccc(C(=O)Nc3ccc(OCc4ccccc4)cc3)cc2)C1=O. The Hall–Kier alpha value is -4.88. The van der Waals surface area contributed by atoms with Crippen molar-refractivity contribution in [2.45, 2.75) is 20.0 Å². The van der Waals surface area contributed by atoms with Crippen molar-refractivity contribution in [3.63, 3.8) is 0 Å². The van der Waals surface area contributed by atoms with Crippen LogP contribution in [0.1, 0.15) is 28.4 Å². The maximum Gasteiger partial charge on any atom is 0.283 e. The Labute approximate surface area is 237 Å². The van der Waals surface area contributed by atoms with Crippen molar-refractivity contribution in [3.8, 4) is 5.75 Å². The number of amides is 3. The summed E-state index contributed by atoms with van der Waals surface area (Å²) in [6.07, 6.45) is 0.656. The highest BCUT2D eigenvalue weighted by Crippen LogP contribution is 2.32. The summed E-state index contributed by atoms with van der Waals surface area (Å²) in [5.41, 5.74) is 3.98. The number of carbonyl (C=O) groups excluding carboxylic acids is 3. The average molecular weight is 552 g/mol. The van der Waals surface area contributed by atoms with Crippen LogP contribution >= 0.6 is 11.6 Å². The van der Waals surface area contributed by atoms with Gasteiger partial charge >= 0.3 is 0 Å². The molecule has 0 aromatic heterocycles. The standard InChI is InChI=1S/C32H26ClN3O4/c1-2-22-10-6-7-11-27(22)36-31(38)28(33)29(32(36)39)34-24-14-12-23(13-15-24)30(37)35-25-16-18-26(19-17-25)40-20-21-8-4-3-5-9-21/h3-19,34H,2,20H2,1H3,(H,35,37). The minimum absolute atomic E-state index is 0.00986. The molecule has 2 N–H and O–H groups in total. The molecule has 1 aliphatic rings. The number of imide groups is 1. The number of nitrogens with zero attached hydrogens (tertiary/aromatic N) is 1. The molecule has 0 saturated heterocycles. The Bertz CT molecular complexity index is 1580. The molecule has 8 heteroatoms. The van der Waals surface area contributed by atoms with Crippen molar-refractivity contribution in [1.82, 2.24) is 0 Å². The van der Waals surface area contributed by atoms with Crippen LogP contribution in [0.2, 0.25) is 0 Å². The van der Waals surface area contributed by atoms with Gasteiger partial charge in [0.15, 0.2) is 0 Å². The van der Waals surface area contributed by atoms with E-state index >= 15 is 0 Å². The lowest BCUT2D eigenvalue weighted by Gasteiger charge is -2.18. The van der Waals surface area contributed by atoms with E-state index in [0.29, 0.717) is 41.4 Å². The van der Waals surface area contributed by atoms with Crippen molar-refractivity contribution < 1.29 is 19.1 Å². The smallest absolute Gasteiger partial charge is 0.283 e. The maximum atomic E-state index is 13.1. The first-order valence-corrected chi connectivity index (χ1v) is 13.1. The largest absolute Gasteiger partial charge is 0.489 e. The summed E-state index contributed by atoms with van der Waals surface area (Å²) in [5.74, 6) is -0.713. The number of para-hydroxylation sites is 1. The van der Waals surface area contributed by atoms with E-state index in [1.165, 1.54) is 0 Å². The van der Waals surface area contributed by atoms with Crippen molar-refractivity contribution in [2.75, 3.05) is 15.5 Å². The van der Waals surface area contributed by atoms with Gasteiger partial charge in [0.1, 0.15) is 23.1 Å². The Kier molecular flexibility index (Phi) is 7.94. The predicted molar refractivity (Wildman–Crippen MR) is 156 cm³/mol. The van der Waals surface area contributed by atoms with Gasteiger partial charge in [0.25, 0.3) is 17.7 Å². The minimum Gasteiger partial charge on any atom is -0.489 e. The summed E-state index contributed by atoms with van der Waals surface area (Å²) in [7, 11) is 0. The summed E-state index contributed by atoms with van der Waals surface area (Å²) < 4.78 is 5.79. The van der Waals surface area contributed by atoms with Crippen LogP contribution in [-0.4, -0.2) is 17.7 Å². The van der Waals surface area contributed by atoms with E-state index in [1.54, 1.807) is 60.7 Å². The topological polar surface area (TPSA) is 87.7 Å². The highest BCUT2D eigenvalue weighted by molar-refractivity contribution is 6.53. The van der Waals surface area contributed by atoms with Gasteiger partial charge in [0.2, 0.25) is 0 Å². The summed E-state index contributed by atoms with van der Waals surface area (Å²) in [6, 6.07) is 30.8. The first kappa shape index (κ1) is 26.7. The monoisotopic (exact) mass is 551 g/mol. The summed E-state index contributed by atoms with van der Waals surface area (Å²) in [5, 5.41) is 5.61. The zero-order valence-corrected chi connectivity index (χ0v) is 22.4. The molecule has 0 atom stereocenters. The molecule has 40 heavy (non-hydrogen) atoms. The summed E-state index contributed by atoms with van der Waals surface area (Å²) >= 11 is 6.28. The molecule has 0 spiro atoms. The third-order valence-electron chi connectivity index (χ3n) is 6.42. The fraction of sp³-hybridized carbons (Fsp3) is 0.0938. The highest BCUT2D eigenvalue weighted by atomic mass is 35.5. The summed E-state index contributed by atoms with van der Waals surface area (Å²) in [6.45, 7) is 2.41. The fourth-order valence-electron chi connectivity index (χ4n) is 4.29. The number of aryl methyl sites for hydroxylation is 1. The van der Waals surface area contributed by atoms with Gasteiger partial charge in [-0.3, -0.25) is 14.4 Å². The predicted octanol–water partition coefficient (Wildman–Crippen LogP) is 6.52. The third kappa shape index (κ3) is 5.75. The molecule has 0 aliphatic carbocycles. The lowest BCUT2D eigenvalue weighted by molar-refractivity contribution is -0.120. The maximum absolute atomic E-state index is 13.1. The molecule has 4 aromatic rings. The molecule has 1 aliphatic heterocycles. The lowest BCUT2D eigenvalue weighted by atomic mass is 10.1. The molecule has 5 rings (SSSR count). The van der Waals surface area contributed by atoms with Gasteiger partial charge in [0.05, 0.1) is 5.69 Å². The number of benzene rings is 4. The van der Waals surface area contributed by atoms with E-state index in [0.717, 1.165) is 16.0 Å². The molecule has 3 amide bonds. The molecule has 0 fully saturated rings. The molecule has 0 radical (unpaired) electrons. The van der Waals surface area contributed by atoms with Gasteiger partial charge in [0, 0.05) is 16.9 Å². The summed E-state index contributed by atoms with van der Waals surface area (Å²) in [4.78, 5) is 39.8. The van der Waals surface area contributed by atoms with Crippen molar-refractivity contribution in [2.24, 2.45) is 0 Å². The second-order valence-electron chi connectivity index (χ2n) is 9.07. The normalized spacial score (nSPS) is 13.0. The number of nitrogens with one attached hydrogen (secondary N) is 2. The average Bonchev–Trinajstić information content (AvgIpc) is 3.20. The number of halogens is 1. The zero-order chi connectivity index (χ0) is 28.1. The van der Waals surface area contributed by atoms with Crippen LogP contribution in [-0.2, 0) is 22.6 Å². The molecule has 0 unspecified atom stereocenters. The minimum atomic E-state index is -0.581. The van der Waals surface area contributed by atoms with Crippen LogP contribution in [0.5, 0.6) is 5.75 Å². The Morgan fingerprint density at radius 3 is 2.15 bits per heavy atom. The Morgan fingerprint density at radius 2 is 1.45 bits per heavy atom. The fourth-order valence-corrected chi connectivity index (χ4v) is 4.50. The number of hydrogen-bond donors (Lipinski definition) is 2. The van der Waals surface area contributed by atoms with Gasteiger partial charge in [-0.05, 0) is 72.1 Å². The van der Waals surface area contributed by atoms with Crippen LogP contribution in [0.4, 0.5) is 17.1 Å². The quantitative estimate of drug-likeness (QED) is 0.231. The molecule has 0 saturated carbocycles. The lowest BCUT2D eigenvalue weighted by Crippen LogP contribution is -2.33. The van der Waals surface area contributed by atoms with Crippen molar-refractivity contribution >= 4 is 46.4 Å². The van der Waals surface area contributed by atoms with Gasteiger partial charge in [-0.1, -0.05) is 67.1 Å². The van der Waals surface area contributed by atoms with Gasteiger partial charge in [-0.25, -0.2) is 4.90 Å². The van der Waals surface area contributed by atoms with Crippen LogP contribution in [0.3, 0.4) is 0 Å². The number of rotatable bonds is 9. The molecule has 4 aromatic carbocycles. The number of ether oxygens (including phenoxy) is 1. The number of anilines is 3. The Balaban J connectivity index is 1.20. The molecule has 7 nitrogen and oxygen atoms in total. The van der Waals surface area contributed by atoms with E-state index in [4.69, 9.17) is 16.3 Å².